The van der Waals surface area contributed by atoms with Crippen molar-refractivity contribution in [3.63, 3.8) is 0 Å². The van der Waals surface area contributed by atoms with Gasteiger partial charge in [0.15, 0.2) is 0 Å². The van der Waals surface area contributed by atoms with Gasteiger partial charge in [-0.2, -0.15) is 0 Å². The second-order valence-corrected chi connectivity index (χ2v) is 5.36. The fraction of sp³-hybridized carbons (Fsp3) is 0.923. The minimum absolute atomic E-state index is 0.0119. The van der Waals surface area contributed by atoms with E-state index in [2.05, 4.69) is 10.6 Å². The number of hydrogen-bond donors (Lipinski definition) is 3. The Bertz CT molecular complexity index is 285. The lowest BCUT2D eigenvalue weighted by Gasteiger charge is -2.25. The van der Waals surface area contributed by atoms with Gasteiger partial charge in [-0.3, -0.25) is 4.79 Å². The van der Waals surface area contributed by atoms with E-state index in [1.807, 2.05) is 7.05 Å². The van der Waals surface area contributed by atoms with Crippen molar-refractivity contribution >= 4 is 5.91 Å². The normalized spacial score (nSPS) is 37.2. The van der Waals surface area contributed by atoms with Crippen molar-refractivity contribution in [2.24, 2.45) is 5.92 Å². The Morgan fingerprint density at radius 1 is 1.17 bits per heavy atom. The maximum atomic E-state index is 12.2. The third-order valence-corrected chi connectivity index (χ3v) is 4.10. The van der Waals surface area contributed by atoms with Gasteiger partial charge in [-0.05, 0) is 19.9 Å². The molecular formula is C13H24N2O3. The Hall–Kier alpha value is -0.650. The number of nitrogens with one attached hydrogen (secondary N) is 2. The third-order valence-electron chi connectivity index (χ3n) is 4.10. The van der Waals surface area contributed by atoms with Crippen molar-refractivity contribution in [2.75, 3.05) is 20.3 Å². The highest BCUT2D eigenvalue weighted by atomic mass is 16.5. The SMILES string of the molecule is CNC1COCC1C(=O)NC1CCCCCC1O. The lowest BCUT2D eigenvalue weighted by atomic mass is 10.0. The fourth-order valence-electron chi connectivity index (χ4n) is 2.84. The van der Waals surface area contributed by atoms with Gasteiger partial charge < -0.3 is 20.5 Å². The van der Waals surface area contributed by atoms with Crippen molar-refractivity contribution < 1.29 is 14.6 Å². The van der Waals surface area contributed by atoms with Crippen molar-refractivity contribution in [2.45, 2.75) is 50.3 Å². The summed E-state index contributed by atoms with van der Waals surface area (Å²) in [5, 5.41) is 16.1. The second kappa shape index (κ2) is 6.50. The first-order valence-corrected chi connectivity index (χ1v) is 6.96. The van der Waals surface area contributed by atoms with Crippen molar-refractivity contribution in [1.82, 2.24) is 10.6 Å². The van der Waals surface area contributed by atoms with E-state index in [1.165, 1.54) is 0 Å². The van der Waals surface area contributed by atoms with Crippen LogP contribution >= 0.6 is 0 Å². The van der Waals surface area contributed by atoms with Gasteiger partial charge in [-0.25, -0.2) is 0 Å². The van der Waals surface area contributed by atoms with Gasteiger partial charge in [0.1, 0.15) is 0 Å². The summed E-state index contributed by atoms with van der Waals surface area (Å²) in [5.41, 5.74) is 0. The van der Waals surface area contributed by atoms with Crippen molar-refractivity contribution in [3.05, 3.63) is 0 Å². The van der Waals surface area contributed by atoms with E-state index in [0.29, 0.717) is 13.2 Å². The monoisotopic (exact) mass is 256 g/mol. The largest absolute Gasteiger partial charge is 0.391 e. The van der Waals surface area contributed by atoms with Crippen LogP contribution in [0, 0.1) is 5.92 Å². The first-order valence-electron chi connectivity index (χ1n) is 6.96. The van der Waals surface area contributed by atoms with Crippen molar-refractivity contribution in [1.29, 1.82) is 0 Å². The van der Waals surface area contributed by atoms with Crippen LogP contribution in [-0.4, -0.2) is 49.5 Å². The van der Waals surface area contributed by atoms with E-state index in [4.69, 9.17) is 4.74 Å². The summed E-state index contributed by atoms with van der Waals surface area (Å²) in [6.07, 6.45) is 4.56. The summed E-state index contributed by atoms with van der Waals surface area (Å²) in [5.74, 6) is -0.122. The molecule has 0 spiro atoms. The van der Waals surface area contributed by atoms with Gasteiger partial charge in [0.25, 0.3) is 0 Å². The molecule has 1 aliphatic carbocycles. The molecular weight excluding hydrogens is 232 g/mol. The number of likely N-dealkylation sites (N-methyl/N-ethyl adjacent to an activating group) is 1. The van der Waals surface area contributed by atoms with E-state index in [1.54, 1.807) is 0 Å². The van der Waals surface area contributed by atoms with E-state index in [9.17, 15) is 9.90 Å². The number of aliphatic hydroxyl groups excluding tert-OH is 1. The molecule has 2 aliphatic rings. The summed E-state index contributed by atoms with van der Waals surface area (Å²) < 4.78 is 5.34. The molecule has 4 atom stereocenters. The van der Waals surface area contributed by atoms with Gasteiger partial charge in [0, 0.05) is 6.04 Å². The number of ether oxygens (including phenoxy) is 1. The zero-order valence-electron chi connectivity index (χ0n) is 11.0. The highest BCUT2D eigenvalue weighted by molar-refractivity contribution is 5.80. The van der Waals surface area contributed by atoms with Gasteiger partial charge >= 0.3 is 0 Å². The Balaban J connectivity index is 1.89. The molecule has 2 rings (SSSR count). The third kappa shape index (κ3) is 3.22. The minimum Gasteiger partial charge on any atom is -0.391 e. The highest BCUT2D eigenvalue weighted by Gasteiger charge is 2.35. The molecule has 0 aromatic heterocycles. The van der Waals surface area contributed by atoms with E-state index >= 15 is 0 Å². The fourth-order valence-corrected chi connectivity index (χ4v) is 2.84. The molecule has 1 amide bonds. The summed E-state index contributed by atoms with van der Waals surface area (Å²) in [6, 6.07) is 0.00558. The molecule has 0 aromatic rings. The molecule has 1 saturated heterocycles. The smallest absolute Gasteiger partial charge is 0.227 e. The van der Waals surface area contributed by atoms with Crippen LogP contribution in [0.3, 0.4) is 0 Å². The van der Waals surface area contributed by atoms with Crippen LogP contribution in [0.1, 0.15) is 32.1 Å². The molecule has 104 valence electrons. The molecule has 0 bridgehead atoms. The predicted molar refractivity (Wildman–Crippen MR) is 68.2 cm³/mol. The minimum atomic E-state index is -0.396. The average molecular weight is 256 g/mol. The summed E-state index contributed by atoms with van der Waals surface area (Å²) in [7, 11) is 1.85. The number of rotatable bonds is 3. The first-order chi connectivity index (χ1) is 8.72. The maximum Gasteiger partial charge on any atom is 0.227 e. The molecule has 1 saturated carbocycles. The Morgan fingerprint density at radius 3 is 2.72 bits per heavy atom. The number of amides is 1. The second-order valence-electron chi connectivity index (χ2n) is 5.36. The van der Waals surface area contributed by atoms with Gasteiger partial charge in [0.05, 0.1) is 31.3 Å². The first kappa shape index (κ1) is 13.8. The molecule has 5 nitrogen and oxygen atoms in total. The zero-order chi connectivity index (χ0) is 13.0. The van der Waals surface area contributed by atoms with Crippen LogP contribution in [0.2, 0.25) is 0 Å². The Labute approximate surface area is 108 Å². The molecule has 1 aliphatic heterocycles. The number of carbonyl (C=O) groups excluding carboxylic acids is 1. The molecule has 0 aromatic carbocycles. The predicted octanol–water partition coefficient (Wildman–Crippen LogP) is 0.0306. The van der Waals surface area contributed by atoms with Gasteiger partial charge in [-0.1, -0.05) is 19.3 Å². The summed E-state index contributed by atoms with van der Waals surface area (Å²) in [6.45, 7) is 1.06. The standard InChI is InChI=1S/C13H24N2O3/c1-14-11-8-18-7-9(11)13(17)15-10-5-3-2-4-6-12(10)16/h9-12,14,16H,2-8H2,1H3,(H,15,17). The van der Waals surface area contributed by atoms with E-state index in [-0.39, 0.29) is 23.9 Å². The van der Waals surface area contributed by atoms with Gasteiger partial charge in [-0.15, -0.1) is 0 Å². The summed E-state index contributed by atoms with van der Waals surface area (Å²) >= 11 is 0. The summed E-state index contributed by atoms with van der Waals surface area (Å²) in [4.78, 5) is 12.2. The Morgan fingerprint density at radius 2 is 1.94 bits per heavy atom. The number of aliphatic hydroxyl groups is 1. The topological polar surface area (TPSA) is 70.6 Å². The lowest BCUT2D eigenvalue weighted by Crippen LogP contribution is -2.49. The molecule has 1 heterocycles. The number of carbonyl (C=O) groups is 1. The van der Waals surface area contributed by atoms with Crippen LogP contribution in [0.4, 0.5) is 0 Å². The van der Waals surface area contributed by atoms with E-state index < -0.39 is 6.10 Å². The molecule has 0 radical (unpaired) electrons. The van der Waals surface area contributed by atoms with Crippen LogP contribution in [0.25, 0.3) is 0 Å². The maximum absolute atomic E-state index is 12.2. The van der Waals surface area contributed by atoms with Crippen LogP contribution in [0.5, 0.6) is 0 Å². The number of hydrogen-bond acceptors (Lipinski definition) is 4. The van der Waals surface area contributed by atoms with Crippen LogP contribution < -0.4 is 10.6 Å². The average Bonchev–Trinajstić information content (AvgIpc) is 2.76. The molecule has 4 unspecified atom stereocenters. The highest BCUT2D eigenvalue weighted by Crippen LogP contribution is 2.20. The molecule has 18 heavy (non-hydrogen) atoms. The van der Waals surface area contributed by atoms with E-state index in [0.717, 1.165) is 32.1 Å². The van der Waals surface area contributed by atoms with Gasteiger partial charge in [0.2, 0.25) is 5.91 Å². The lowest BCUT2D eigenvalue weighted by molar-refractivity contribution is -0.127. The Kier molecular flexibility index (Phi) is 4.97. The molecule has 2 fully saturated rings. The quantitative estimate of drug-likeness (QED) is 0.623. The molecule has 3 N–H and O–H groups in total. The zero-order valence-corrected chi connectivity index (χ0v) is 11.0. The molecule has 5 heteroatoms. The van der Waals surface area contributed by atoms with Crippen molar-refractivity contribution in [3.8, 4) is 0 Å². The van der Waals surface area contributed by atoms with Crippen LogP contribution in [0.15, 0.2) is 0 Å². The van der Waals surface area contributed by atoms with Crippen LogP contribution in [-0.2, 0) is 9.53 Å².